The first-order valence-corrected chi connectivity index (χ1v) is 5.93. The molecule has 0 aliphatic rings. The highest BCUT2D eigenvalue weighted by Crippen LogP contribution is 2.28. The summed E-state index contributed by atoms with van der Waals surface area (Å²) in [4.78, 5) is 4.47. The quantitative estimate of drug-likeness (QED) is 0.664. The van der Waals surface area contributed by atoms with E-state index in [4.69, 9.17) is 0 Å². The molecule has 4 heteroatoms. The molecule has 0 fully saturated rings. The van der Waals surface area contributed by atoms with Gasteiger partial charge < -0.3 is 0 Å². The Morgan fingerprint density at radius 2 is 1.82 bits per heavy atom. The van der Waals surface area contributed by atoms with Crippen molar-refractivity contribution in [2.75, 3.05) is 0 Å². The van der Waals surface area contributed by atoms with Crippen molar-refractivity contribution in [3.8, 4) is 11.3 Å². The summed E-state index contributed by atoms with van der Waals surface area (Å²) in [6.07, 6.45) is 1.42. The summed E-state index contributed by atoms with van der Waals surface area (Å²) in [6, 6.07) is 12.9. The van der Waals surface area contributed by atoms with Crippen molar-refractivity contribution in [1.82, 2.24) is 9.38 Å². The summed E-state index contributed by atoms with van der Waals surface area (Å²) in [5.41, 5.74) is 2.54. The second kappa shape index (κ2) is 3.96. The lowest BCUT2D eigenvalue weighted by Gasteiger charge is -1.97. The van der Waals surface area contributed by atoms with E-state index in [9.17, 15) is 4.39 Å². The minimum atomic E-state index is -0.282. The van der Waals surface area contributed by atoms with Gasteiger partial charge in [-0.15, -0.1) is 0 Å². The zero-order valence-electron chi connectivity index (χ0n) is 8.77. The molecule has 0 radical (unpaired) electrons. The van der Waals surface area contributed by atoms with E-state index in [1.165, 1.54) is 12.3 Å². The summed E-state index contributed by atoms with van der Waals surface area (Å²) in [6.45, 7) is 0. The summed E-state index contributed by atoms with van der Waals surface area (Å²) < 4.78 is 15.6. The molecular weight excluding hydrogens is 283 g/mol. The van der Waals surface area contributed by atoms with Crippen LogP contribution in [0.5, 0.6) is 0 Å². The summed E-state index contributed by atoms with van der Waals surface area (Å²) >= 11 is 3.46. The fourth-order valence-electron chi connectivity index (χ4n) is 1.77. The molecule has 3 aromatic rings. The van der Waals surface area contributed by atoms with Gasteiger partial charge in [-0.2, -0.15) is 0 Å². The van der Waals surface area contributed by atoms with Crippen molar-refractivity contribution in [1.29, 1.82) is 0 Å². The molecule has 0 saturated carbocycles. The van der Waals surface area contributed by atoms with Gasteiger partial charge in [0, 0.05) is 11.8 Å². The standard InChI is InChI=1S/C13H8BrFN2/c14-13-12(9-4-2-1-3-5-9)16-11-7-6-10(15)8-17(11)13/h1-8H. The van der Waals surface area contributed by atoms with Crippen LogP contribution in [-0.4, -0.2) is 9.38 Å². The molecular formula is C13H8BrFN2. The molecule has 2 aromatic heterocycles. The van der Waals surface area contributed by atoms with E-state index in [-0.39, 0.29) is 5.82 Å². The molecule has 0 atom stereocenters. The van der Waals surface area contributed by atoms with Crippen molar-refractivity contribution >= 4 is 21.6 Å². The zero-order valence-corrected chi connectivity index (χ0v) is 10.4. The summed E-state index contributed by atoms with van der Waals surface area (Å²) in [5, 5.41) is 0. The third-order valence-electron chi connectivity index (χ3n) is 2.57. The van der Waals surface area contributed by atoms with Crippen LogP contribution in [0.3, 0.4) is 0 Å². The Kier molecular flexibility index (Phi) is 2.44. The van der Waals surface area contributed by atoms with E-state index in [1.807, 2.05) is 30.3 Å². The number of imidazole rings is 1. The molecule has 0 saturated heterocycles. The van der Waals surface area contributed by atoms with Crippen LogP contribution in [0.4, 0.5) is 4.39 Å². The van der Waals surface area contributed by atoms with Gasteiger partial charge in [-0.3, -0.25) is 4.40 Å². The van der Waals surface area contributed by atoms with E-state index in [2.05, 4.69) is 20.9 Å². The summed E-state index contributed by atoms with van der Waals surface area (Å²) in [7, 11) is 0. The number of nitrogens with zero attached hydrogens (tertiary/aromatic N) is 2. The van der Waals surface area contributed by atoms with Crippen LogP contribution in [-0.2, 0) is 0 Å². The third-order valence-corrected chi connectivity index (χ3v) is 3.33. The highest BCUT2D eigenvalue weighted by atomic mass is 79.9. The van der Waals surface area contributed by atoms with Gasteiger partial charge in [-0.1, -0.05) is 30.3 Å². The van der Waals surface area contributed by atoms with E-state index >= 15 is 0 Å². The Bertz CT molecular complexity index is 676. The third kappa shape index (κ3) is 1.74. The number of benzene rings is 1. The van der Waals surface area contributed by atoms with Crippen LogP contribution >= 0.6 is 15.9 Å². The fourth-order valence-corrected chi connectivity index (χ4v) is 2.37. The number of fused-ring (bicyclic) bond motifs is 1. The second-order valence-electron chi connectivity index (χ2n) is 3.69. The van der Waals surface area contributed by atoms with Crippen molar-refractivity contribution in [3.05, 3.63) is 59.1 Å². The SMILES string of the molecule is Fc1ccc2nc(-c3ccccc3)c(Br)n2c1. The van der Waals surface area contributed by atoms with Gasteiger partial charge in [0.25, 0.3) is 0 Å². The Morgan fingerprint density at radius 3 is 2.59 bits per heavy atom. The Hall–Kier alpha value is -1.68. The largest absolute Gasteiger partial charge is 0.291 e. The van der Waals surface area contributed by atoms with Gasteiger partial charge >= 0.3 is 0 Å². The van der Waals surface area contributed by atoms with Gasteiger partial charge in [-0.05, 0) is 28.1 Å². The van der Waals surface area contributed by atoms with Gasteiger partial charge in [0.2, 0.25) is 0 Å². The Balaban J connectivity index is 2.28. The molecule has 0 amide bonds. The first-order chi connectivity index (χ1) is 8.25. The minimum Gasteiger partial charge on any atom is -0.291 e. The predicted octanol–water partition coefficient (Wildman–Crippen LogP) is 3.90. The van der Waals surface area contributed by atoms with E-state index in [1.54, 1.807) is 10.5 Å². The van der Waals surface area contributed by atoms with Crippen molar-refractivity contribution in [2.45, 2.75) is 0 Å². The van der Waals surface area contributed by atoms with Gasteiger partial charge in [0.15, 0.2) is 0 Å². The maximum atomic E-state index is 13.2. The fraction of sp³-hybridized carbons (Fsp3) is 0. The molecule has 3 rings (SSSR count). The number of rotatable bonds is 1. The number of halogens is 2. The number of pyridine rings is 1. The lowest BCUT2D eigenvalue weighted by molar-refractivity contribution is 0.619. The smallest absolute Gasteiger partial charge is 0.139 e. The van der Waals surface area contributed by atoms with Crippen molar-refractivity contribution in [3.63, 3.8) is 0 Å². The lowest BCUT2D eigenvalue weighted by Crippen LogP contribution is -1.85. The van der Waals surface area contributed by atoms with Crippen LogP contribution in [0.15, 0.2) is 53.3 Å². The molecule has 2 nitrogen and oxygen atoms in total. The van der Waals surface area contributed by atoms with E-state index in [0.29, 0.717) is 0 Å². The summed E-state index contributed by atoms with van der Waals surface area (Å²) in [5.74, 6) is -0.282. The van der Waals surface area contributed by atoms with Crippen molar-refractivity contribution < 1.29 is 4.39 Å². The molecule has 84 valence electrons. The molecule has 2 heterocycles. The first-order valence-electron chi connectivity index (χ1n) is 5.14. The average Bonchev–Trinajstić information content (AvgIpc) is 2.68. The Labute approximate surface area is 106 Å². The normalized spacial score (nSPS) is 10.9. The van der Waals surface area contributed by atoms with Crippen LogP contribution in [0, 0.1) is 5.82 Å². The molecule has 0 aliphatic heterocycles. The number of hydrogen-bond donors (Lipinski definition) is 0. The lowest BCUT2D eigenvalue weighted by atomic mass is 10.2. The van der Waals surface area contributed by atoms with Gasteiger partial charge in [-0.25, -0.2) is 9.37 Å². The predicted molar refractivity (Wildman–Crippen MR) is 68.3 cm³/mol. The molecule has 17 heavy (non-hydrogen) atoms. The molecule has 0 unspecified atom stereocenters. The second-order valence-corrected chi connectivity index (χ2v) is 4.44. The highest BCUT2D eigenvalue weighted by Gasteiger charge is 2.11. The number of hydrogen-bond acceptors (Lipinski definition) is 1. The van der Waals surface area contributed by atoms with E-state index < -0.39 is 0 Å². The zero-order chi connectivity index (χ0) is 11.8. The highest BCUT2D eigenvalue weighted by molar-refractivity contribution is 9.10. The maximum Gasteiger partial charge on any atom is 0.139 e. The van der Waals surface area contributed by atoms with Gasteiger partial charge in [0.05, 0.1) is 0 Å². The molecule has 0 spiro atoms. The maximum absolute atomic E-state index is 13.2. The topological polar surface area (TPSA) is 17.3 Å². The molecule has 0 aliphatic carbocycles. The monoisotopic (exact) mass is 290 g/mol. The van der Waals surface area contributed by atoms with Crippen molar-refractivity contribution in [2.24, 2.45) is 0 Å². The molecule has 1 aromatic carbocycles. The van der Waals surface area contributed by atoms with Crippen LogP contribution < -0.4 is 0 Å². The van der Waals surface area contributed by atoms with E-state index in [0.717, 1.165) is 21.5 Å². The minimum absolute atomic E-state index is 0.282. The Morgan fingerprint density at radius 1 is 1.06 bits per heavy atom. The van der Waals surface area contributed by atoms with Gasteiger partial charge in [0.1, 0.15) is 21.8 Å². The van der Waals surface area contributed by atoms with Crippen LogP contribution in [0.25, 0.3) is 16.9 Å². The molecule has 0 N–H and O–H groups in total. The first kappa shape index (κ1) is 10.5. The van der Waals surface area contributed by atoms with Crippen LogP contribution in [0.2, 0.25) is 0 Å². The molecule has 0 bridgehead atoms. The van der Waals surface area contributed by atoms with Crippen LogP contribution in [0.1, 0.15) is 0 Å². The average molecular weight is 291 g/mol. The number of aromatic nitrogens is 2.